The maximum atomic E-state index is 12.4. The molecule has 32 heavy (non-hydrogen) atoms. The van der Waals surface area contributed by atoms with Gasteiger partial charge in [-0.3, -0.25) is 9.59 Å². The van der Waals surface area contributed by atoms with Gasteiger partial charge in [0.1, 0.15) is 6.10 Å². The van der Waals surface area contributed by atoms with E-state index < -0.39 is 12.2 Å². The van der Waals surface area contributed by atoms with Crippen LogP contribution < -0.4 is 10.6 Å². The summed E-state index contributed by atoms with van der Waals surface area (Å²) in [5, 5.41) is 15.5. The second-order valence-corrected chi connectivity index (χ2v) is 8.57. The van der Waals surface area contributed by atoms with Crippen molar-refractivity contribution in [2.45, 2.75) is 50.5 Å². The lowest BCUT2D eigenvalue weighted by Gasteiger charge is -2.31. The number of amides is 2. The molecular weight excluding hydrogens is 404 g/mol. The van der Waals surface area contributed by atoms with E-state index in [0.29, 0.717) is 18.9 Å². The molecule has 2 aromatic carbocycles. The first-order chi connectivity index (χ1) is 15.6. The van der Waals surface area contributed by atoms with Gasteiger partial charge >= 0.3 is 0 Å². The first-order valence-corrected chi connectivity index (χ1v) is 11.3. The molecule has 2 aromatic rings. The molecule has 1 heterocycles. The monoisotopic (exact) mass is 434 g/mol. The van der Waals surface area contributed by atoms with Crippen molar-refractivity contribution < 1.29 is 19.4 Å². The summed E-state index contributed by atoms with van der Waals surface area (Å²) in [6.45, 7) is 0.220. The van der Waals surface area contributed by atoms with Crippen LogP contribution in [0.15, 0.2) is 66.7 Å². The highest BCUT2D eigenvalue weighted by Gasteiger charge is 2.31. The van der Waals surface area contributed by atoms with Crippen LogP contribution in [-0.2, 0) is 20.9 Å². The molecule has 2 aliphatic rings. The third-order valence-electron chi connectivity index (χ3n) is 5.90. The van der Waals surface area contributed by atoms with E-state index in [1.807, 2.05) is 48.5 Å². The van der Waals surface area contributed by atoms with Crippen LogP contribution in [0.3, 0.4) is 0 Å². The number of carbonyl (C=O) groups excluding carboxylic acids is 2. The minimum atomic E-state index is -0.550. The van der Waals surface area contributed by atoms with Gasteiger partial charge in [-0.05, 0) is 35.4 Å². The van der Waals surface area contributed by atoms with Gasteiger partial charge in [0.25, 0.3) is 0 Å². The summed E-state index contributed by atoms with van der Waals surface area (Å²) in [6, 6.07) is 17.9. The van der Waals surface area contributed by atoms with E-state index >= 15 is 0 Å². The number of hydrogen-bond donors (Lipinski definition) is 3. The van der Waals surface area contributed by atoms with E-state index in [2.05, 4.69) is 22.8 Å². The van der Waals surface area contributed by atoms with Crippen molar-refractivity contribution in [2.24, 2.45) is 5.92 Å². The number of nitrogens with one attached hydrogen (secondary N) is 2. The van der Waals surface area contributed by atoms with Gasteiger partial charge in [-0.2, -0.15) is 0 Å². The summed E-state index contributed by atoms with van der Waals surface area (Å²) in [4.78, 5) is 24.5. The molecular formula is C26H30N2O4. The third kappa shape index (κ3) is 6.28. The van der Waals surface area contributed by atoms with Gasteiger partial charge in [0.05, 0.1) is 25.2 Å². The molecule has 0 aromatic heterocycles. The fraction of sp³-hybridized carbons (Fsp3) is 0.385. The molecule has 0 saturated heterocycles. The predicted octanol–water partition coefficient (Wildman–Crippen LogP) is 2.96. The fourth-order valence-corrected chi connectivity index (χ4v) is 3.87. The van der Waals surface area contributed by atoms with Gasteiger partial charge in [-0.25, -0.2) is 0 Å². The Morgan fingerprint density at radius 1 is 0.906 bits per heavy atom. The molecule has 3 atom stereocenters. The minimum Gasteiger partial charge on any atom is -0.394 e. The van der Waals surface area contributed by atoms with Crippen molar-refractivity contribution in [1.82, 2.24) is 10.6 Å². The first-order valence-electron chi connectivity index (χ1n) is 11.3. The number of carbonyl (C=O) groups is 2. The van der Waals surface area contributed by atoms with Gasteiger partial charge in [-0.15, -0.1) is 0 Å². The number of aliphatic hydroxyl groups excluding tert-OH is 1. The van der Waals surface area contributed by atoms with Crippen molar-refractivity contribution in [3.05, 3.63) is 72.3 Å². The summed E-state index contributed by atoms with van der Waals surface area (Å²) < 4.78 is 5.84. The van der Waals surface area contributed by atoms with Crippen LogP contribution in [0.1, 0.15) is 31.2 Å². The molecule has 0 unspecified atom stereocenters. The van der Waals surface area contributed by atoms with Crippen molar-refractivity contribution in [3.63, 3.8) is 0 Å². The molecule has 6 nitrogen and oxygen atoms in total. The smallest absolute Gasteiger partial charge is 0.223 e. The van der Waals surface area contributed by atoms with Gasteiger partial charge in [0, 0.05) is 13.0 Å². The van der Waals surface area contributed by atoms with E-state index in [4.69, 9.17) is 4.74 Å². The van der Waals surface area contributed by atoms with Crippen LogP contribution in [0.2, 0.25) is 0 Å². The van der Waals surface area contributed by atoms with Crippen LogP contribution in [0.25, 0.3) is 11.1 Å². The Morgan fingerprint density at radius 2 is 1.62 bits per heavy atom. The van der Waals surface area contributed by atoms with Gasteiger partial charge < -0.3 is 20.5 Å². The second-order valence-electron chi connectivity index (χ2n) is 8.57. The Hall–Kier alpha value is -2.96. The highest BCUT2D eigenvalue weighted by molar-refractivity contribution is 5.78. The van der Waals surface area contributed by atoms with Gasteiger partial charge in [0.2, 0.25) is 11.8 Å². The largest absolute Gasteiger partial charge is 0.394 e. The predicted molar refractivity (Wildman–Crippen MR) is 123 cm³/mol. The Morgan fingerprint density at radius 3 is 2.31 bits per heavy atom. The van der Waals surface area contributed by atoms with E-state index in [9.17, 15) is 14.7 Å². The maximum absolute atomic E-state index is 12.4. The van der Waals surface area contributed by atoms with Crippen molar-refractivity contribution >= 4 is 11.8 Å². The number of rotatable bonds is 9. The standard InChI is InChI=1S/C26H30N2O4/c29-17-24-23(28-26(31)14-18-6-7-18)13-12-22(32-24)15-25(30)27-16-19-8-10-21(11-9-19)20-4-2-1-3-5-20/h1-5,8-13,18,22-24,29H,6-7,14-17H2,(H,27,30)(H,28,31)/t22-,23+,24+/m1/s1. The Bertz CT molecular complexity index is 938. The highest BCUT2D eigenvalue weighted by Crippen LogP contribution is 2.32. The highest BCUT2D eigenvalue weighted by atomic mass is 16.5. The van der Waals surface area contributed by atoms with Crippen LogP contribution in [0.4, 0.5) is 0 Å². The zero-order valence-corrected chi connectivity index (χ0v) is 18.1. The zero-order chi connectivity index (χ0) is 22.3. The summed E-state index contributed by atoms with van der Waals surface area (Å²) in [7, 11) is 0. The third-order valence-corrected chi connectivity index (χ3v) is 5.90. The number of benzene rings is 2. The van der Waals surface area contributed by atoms with Crippen molar-refractivity contribution in [3.8, 4) is 11.1 Å². The number of hydrogen-bond acceptors (Lipinski definition) is 4. The first kappa shape index (κ1) is 22.2. The zero-order valence-electron chi connectivity index (χ0n) is 18.1. The molecule has 0 bridgehead atoms. The van der Waals surface area contributed by atoms with Crippen molar-refractivity contribution in [2.75, 3.05) is 6.61 Å². The molecule has 6 heteroatoms. The normalized spacial score (nSPS) is 22.3. The van der Waals surface area contributed by atoms with E-state index in [0.717, 1.165) is 29.5 Å². The SMILES string of the molecule is O=C(C[C@H]1C=C[C@H](NC(=O)CC2CC2)[C@H](CO)O1)NCc1ccc(-c2ccccc2)cc1. The Kier molecular flexibility index (Phi) is 7.35. The summed E-state index contributed by atoms with van der Waals surface area (Å²) in [5.74, 6) is 0.362. The molecule has 4 rings (SSSR count). The van der Waals surface area contributed by atoms with Gasteiger partial charge in [-0.1, -0.05) is 66.7 Å². The average Bonchev–Trinajstić information content (AvgIpc) is 3.63. The Balaban J connectivity index is 1.24. The second kappa shape index (κ2) is 10.6. The summed E-state index contributed by atoms with van der Waals surface area (Å²) >= 11 is 0. The molecule has 1 aliphatic heterocycles. The molecule has 0 radical (unpaired) electrons. The molecule has 1 fully saturated rings. The minimum absolute atomic E-state index is 0.0151. The number of aliphatic hydroxyl groups is 1. The van der Waals surface area contributed by atoms with Crippen molar-refractivity contribution in [1.29, 1.82) is 0 Å². The van der Waals surface area contributed by atoms with E-state index in [1.165, 1.54) is 0 Å². The molecule has 1 aliphatic carbocycles. The topological polar surface area (TPSA) is 87.7 Å². The lowest BCUT2D eigenvalue weighted by atomic mass is 10.0. The lowest BCUT2D eigenvalue weighted by molar-refractivity contribution is -0.128. The maximum Gasteiger partial charge on any atom is 0.223 e. The molecule has 0 spiro atoms. The lowest BCUT2D eigenvalue weighted by Crippen LogP contribution is -2.49. The molecule has 3 N–H and O–H groups in total. The molecule has 168 valence electrons. The summed E-state index contributed by atoms with van der Waals surface area (Å²) in [5.41, 5.74) is 3.31. The number of ether oxygens (including phenoxy) is 1. The average molecular weight is 435 g/mol. The van der Waals surface area contributed by atoms with Crippen LogP contribution in [0.5, 0.6) is 0 Å². The fourth-order valence-electron chi connectivity index (χ4n) is 3.87. The van der Waals surface area contributed by atoms with E-state index in [-0.39, 0.29) is 30.9 Å². The van der Waals surface area contributed by atoms with Gasteiger partial charge in [0.15, 0.2) is 0 Å². The van der Waals surface area contributed by atoms with E-state index in [1.54, 1.807) is 6.08 Å². The molecule has 1 saturated carbocycles. The molecule has 2 amide bonds. The Labute approximate surface area is 188 Å². The van der Waals surface area contributed by atoms with Crippen LogP contribution >= 0.6 is 0 Å². The summed E-state index contributed by atoms with van der Waals surface area (Å²) in [6.07, 6.45) is 5.57. The van der Waals surface area contributed by atoms with Crippen LogP contribution in [0, 0.1) is 5.92 Å². The quantitative estimate of drug-likeness (QED) is 0.530. The van der Waals surface area contributed by atoms with Crippen LogP contribution in [-0.4, -0.2) is 41.8 Å².